The largest absolute Gasteiger partial charge is 0.394 e. The molecule has 0 aromatic heterocycles. The highest BCUT2D eigenvalue weighted by Gasteiger charge is 2.35. The van der Waals surface area contributed by atoms with Crippen LogP contribution in [0, 0.1) is 5.92 Å². The first-order chi connectivity index (χ1) is 10.0. The van der Waals surface area contributed by atoms with E-state index in [2.05, 4.69) is 12.2 Å². The third-order valence-electron chi connectivity index (χ3n) is 4.56. The lowest BCUT2D eigenvalue weighted by atomic mass is 9.77. The Morgan fingerprint density at radius 1 is 1.38 bits per heavy atom. The Bertz CT molecular complexity index is 453. The molecule has 1 atom stereocenters. The number of rotatable bonds is 5. The monoisotopic (exact) mass is 290 g/mol. The zero-order valence-electron chi connectivity index (χ0n) is 12.7. The van der Waals surface area contributed by atoms with Gasteiger partial charge in [-0.15, -0.1) is 0 Å². The van der Waals surface area contributed by atoms with E-state index in [1.807, 2.05) is 30.3 Å². The molecule has 4 N–H and O–H groups in total. The van der Waals surface area contributed by atoms with Crippen LogP contribution in [0.1, 0.15) is 38.2 Å². The molecule has 1 aliphatic rings. The van der Waals surface area contributed by atoms with Crippen molar-refractivity contribution >= 4 is 5.91 Å². The normalized spacial score (nSPS) is 27.1. The van der Waals surface area contributed by atoms with Crippen LogP contribution in [0.5, 0.6) is 0 Å². The van der Waals surface area contributed by atoms with E-state index in [1.54, 1.807) is 0 Å². The maximum atomic E-state index is 12.3. The van der Waals surface area contributed by atoms with Gasteiger partial charge in [-0.1, -0.05) is 37.3 Å². The van der Waals surface area contributed by atoms with Crippen LogP contribution in [0.2, 0.25) is 0 Å². The lowest BCUT2D eigenvalue weighted by molar-refractivity contribution is -0.125. The zero-order valence-corrected chi connectivity index (χ0v) is 12.7. The summed E-state index contributed by atoms with van der Waals surface area (Å²) in [7, 11) is 0. The zero-order chi connectivity index (χ0) is 15.3. The number of aliphatic hydroxyl groups excluding tert-OH is 1. The average Bonchev–Trinajstić information content (AvgIpc) is 2.51. The van der Waals surface area contributed by atoms with Gasteiger partial charge in [-0.3, -0.25) is 4.79 Å². The number of carbonyl (C=O) groups excluding carboxylic acids is 1. The van der Waals surface area contributed by atoms with Crippen LogP contribution in [-0.2, 0) is 11.2 Å². The summed E-state index contributed by atoms with van der Waals surface area (Å²) in [5.41, 5.74) is 6.59. The van der Waals surface area contributed by atoms with Crippen molar-refractivity contribution in [1.82, 2.24) is 5.32 Å². The van der Waals surface area contributed by atoms with Gasteiger partial charge in [0.15, 0.2) is 0 Å². The first kappa shape index (κ1) is 16.0. The van der Waals surface area contributed by atoms with Crippen molar-refractivity contribution < 1.29 is 9.90 Å². The van der Waals surface area contributed by atoms with E-state index < -0.39 is 11.6 Å². The Morgan fingerprint density at radius 3 is 2.57 bits per heavy atom. The molecule has 1 aromatic rings. The van der Waals surface area contributed by atoms with Crippen molar-refractivity contribution in [2.45, 2.75) is 50.6 Å². The second-order valence-electron chi connectivity index (χ2n) is 6.41. The van der Waals surface area contributed by atoms with E-state index in [1.165, 1.54) is 0 Å². The molecule has 0 heterocycles. The van der Waals surface area contributed by atoms with Gasteiger partial charge in [0, 0.05) is 0 Å². The average molecular weight is 290 g/mol. The lowest BCUT2D eigenvalue weighted by Crippen LogP contribution is -2.57. The highest BCUT2D eigenvalue weighted by molar-refractivity contribution is 5.82. The first-order valence-electron chi connectivity index (χ1n) is 7.77. The molecule has 0 bridgehead atoms. The minimum absolute atomic E-state index is 0.0104. The van der Waals surface area contributed by atoms with Crippen LogP contribution < -0.4 is 11.1 Å². The fraction of sp³-hybridized carbons (Fsp3) is 0.588. The van der Waals surface area contributed by atoms with Gasteiger partial charge in [0.2, 0.25) is 5.91 Å². The van der Waals surface area contributed by atoms with Gasteiger partial charge < -0.3 is 16.2 Å². The van der Waals surface area contributed by atoms with Gasteiger partial charge in [0.25, 0.3) is 0 Å². The van der Waals surface area contributed by atoms with Crippen molar-refractivity contribution in [3.8, 4) is 0 Å². The molecule has 4 heteroatoms. The number of benzene rings is 1. The van der Waals surface area contributed by atoms with Crippen LogP contribution in [0.3, 0.4) is 0 Å². The Morgan fingerprint density at radius 2 is 2.00 bits per heavy atom. The molecule has 1 fully saturated rings. The van der Waals surface area contributed by atoms with Crippen LogP contribution in [0.15, 0.2) is 30.3 Å². The molecule has 4 nitrogen and oxygen atoms in total. The molecule has 21 heavy (non-hydrogen) atoms. The molecule has 0 spiro atoms. The van der Waals surface area contributed by atoms with E-state index in [0.29, 0.717) is 12.3 Å². The maximum Gasteiger partial charge on any atom is 0.237 e. The maximum absolute atomic E-state index is 12.3. The van der Waals surface area contributed by atoms with E-state index in [-0.39, 0.29) is 12.5 Å². The molecule has 1 aliphatic carbocycles. The quantitative estimate of drug-likeness (QED) is 0.771. The summed E-state index contributed by atoms with van der Waals surface area (Å²) in [5.74, 6) is 0.502. The molecule has 0 unspecified atom stereocenters. The molecule has 0 aliphatic heterocycles. The number of carbonyl (C=O) groups is 1. The van der Waals surface area contributed by atoms with Crippen molar-refractivity contribution in [3.05, 3.63) is 35.9 Å². The fourth-order valence-corrected chi connectivity index (χ4v) is 2.95. The number of nitrogens with one attached hydrogen (secondary N) is 1. The summed E-state index contributed by atoms with van der Waals surface area (Å²) in [6.45, 7) is 2.20. The Balaban J connectivity index is 1.93. The van der Waals surface area contributed by atoms with Gasteiger partial charge >= 0.3 is 0 Å². The van der Waals surface area contributed by atoms with Crippen LogP contribution in [-0.4, -0.2) is 29.2 Å². The first-order valence-corrected chi connectivity index (χ1v) is 7.77. The highest BCUT2D eigenvalue weighted by Crippen LogP contribution is 2.31. The minimum Gasteiger partial charge on any atom is -0.394 e. The third kappa shape index (κ3) is 4.29. The molecule has 0 saturated heterocycles. The number of amides is 1. The van der Waals surface area contributed by atoms with Crippen LogP contribution in [0.4, 0.5) is 0 Å². The second-order valence-corrected chi connectivity index (χ2v) is 6.41. The standard InChI is InChI=1S/C17H26N2O2/c1-13-7-9-17(12-20,10-8-13)19-16(21)15(18)11-14-5-3-2-4-6-14/h2-6,13,15,20H,7-12,18H2,1H3,(H,19,21)/t13?,15-,17?/m0/s1. The summed E-state index contributed by atoms with van der Waals surface area (Å²) in [6.07, 6.45) is 4.25. The lowest BCUT2D eigenvalue weighted by Gasteiger charge is -2.39. The summed E-state index contributed by atoms with van der Waals surface area (Å²) in [5, 5.41) is 12.7. The molecule has 1 amide bonds. The van der Waals surface area contributed by atoms with E-state index in [0.717, 1.165) is 31.2 Å². The van der Waals surface area contributed by atoms with Crippen molar-refractivity contribution in [2.75, 3.05) is 6.61 Å². The smallest absolute Gasteiger partial charge is 0.237 e. The summed E-state index contributed by atoms with van der Waals surface area (Å²) in [6, 6.07) is 9.19. The number of hydrogen-bond donors (Lipinski definition) is 3. The Kier molecular flexibility index (Phi) is 5.37. The fourth-order valence-electron chi connectivity index (χ4n) is 2.95. The van der Waals surface area contributed by atoms with Gasteiger partial charge in [0.1, 0.15) is 0 Å². The highest BCUT2D eigenvalue weighted by atomic mass is 16.3. The molecular weight excluding hydrogens is 264 g/mol. The molecular formula is C17H26N2O2. The number of hydrogen-bond acceptors (Lipinski definition) is 3. The van der Waals surface area contributed by atoms with Crippen molar-refractivity contribution in [2.24, 2.45) is 11.7 Å². The van der Waals surface area contributed by atoms with Gasteiger partial charge in [-0.25, -0.2) is 0 Å². The van der Waals surface area contributed by atoms with E-state index in [9.17, 15) is 9.90 Å². The van der Waals surface area contributed by atoms with E-state index >= 15 is 0 Å². The molecule has 1 aromatic carbocycles. The van der Waals surface area contributed by atoms with E-state index in [4.69, 9.17) is 5.73 Å². The molecule has 1 saturated carbocycles. The molecule has 0 radical (unpaired) electrons. The summed E-state index contributed by atoms with van der Waals surface area (Å²) in [4.78, 5) is 12.3. The van der Waals surface area contributed by atoms with Crippen LogP contribution in [0.25, 0.3) is 0 Å². The molecule has 2 rings (SSSR count). The second kappa shape index (κ2) is 7.05. The summed E-state index contributed by atoms with van der Waals surface area (Å²) < 4.78 is 0. The molecule has 116 valence electrons. The predicted octanol–water partition coefficient (Wildman–Crippen LogP) is 1.61. The Hall–Kier alpha value is -1.39. The van der Waals surface area contributed by atoms with Crippen LogP contribution >= 0.6 is 0 Å². The van der Waals surface area contributed by atoms with Crippen molar-refractivity contribution in [3.63, 3.8) is 0 Å². The SMILES string of the molecule is CC1CCC(CO)(NC(=O)[C@@H](N)Cc2ccccc2)CC1. The van der Waals surface area contributed by atoms with Gasteiger partial charge in [-0.2, -0.15) is 0 Å². The summed E-state index contributed by atoms with van der Waals surface area (Å²) >= 11 is 0. The third-order valence-corrected chi connectivity index (χ3v) is 4.56. The Labute approximate surface area is 126 Å². The van der Waals surface area contributed by atoms with Gasteiger partial charge in [0.05, 0.1) is 18.2 Å². The van der Waals surface area contributed by atoms with Gasteiger partial charge in [-0.05, 0) is 43.6 Å². The number of aliphatic hydroxyl groups is 1. The predicted molar refractivity (Wildman–Crippen MR) is 83.7 cm³/mol. The number of nitrogens with two attached hydrogens (primary N) is 1. The topological polar surface area (TPSA) is 75.3 Å². The minimum atomic E-state index is -0.574. The van der Waals surface area contributed by atoms with Crippen molar-refractivity contribution in [1.29, 1.82) is 0 Å².